The van der Waals surface area contributed by atoms with Crippen molar-refractivity contribution >= 4 is 5.78 Å². The minimum Gasteiger partial charge on any atom is -1.00 e. The molecule has 0 aliphatic rings. The molecule has 0 amide bonds. The second-order valence-corrected chi connectivity index (χ2v) is 13.6. The summed E-state index contributed by atoms with van der Waals surface area (Å²) in [7, 11) is 2.30. The maximum absolute atomic E-state index is 13.6. The average Bonchev–Trinajstić information content (AvgIpc) is 2.94. The molecule has 41 heavy (non-hydrogen) atoms. The Labute approximate surface area is 265 Å². The van der Waals surface area contributed by atoms with Gasteiger partial charge in [-0.1, -0.05) is 163 Å². The summed E-state index contributed by atoms with van der Waals surface area (Å²) < 4.78 is 0.847. The first-order chi connectivity index (χ1) is 19.4. The lowest BCUT2D eigenvalue weighted by Gasteiger charge is -2.41. The van der Waals surface area contributed by atoms with Crippen LogP contribution < -0.4 is 12.4 Å². The van der Waals surface area contributed by atoms with E-state index in [1.165, 1.54) is 135 Å². The first-order valence-corrected chi connectivity index (χ1v) is 18.5. The van der Waals surface area contributed by atoms with Crippen LogP contribution in [0, 0.1) is 0 Å². The Morgan fingerprint density at radius 3 is 1.20 bits per heavy atom. The number of Topliss-reactive ketones (excluding diaryl/α,β-unsaturated/α-hetero) is 1. The van der Waals surface area contributed by atoms with Crippen molar-refractivity contribution in [1.82, 2.24) is 0 Å². The molecule has 0 aliphatic heterocycles. The molecule has 0 aromatic rings. The summed E-state index contributed by atoms with van der Waals surface area (Å²) in [6.45, 7) is 11.8. The highest BCUT2D eigenvalue weighted by Crippen LogP contribution is 2.26. The number of carbonyl (C=O) groups is 1. The zero-order chi connectivity index (χ0) is 29.8. The van der Waals surface area contributed by atoms with Crippen molar-refractivity contribution in [3.8, 4) is 0 Å². The predicted molar refractivity (Wildman–Crippen MR) is 178 cm³/mol. The van der Waals surface area contributed by atoms with Gasteiger partial charge in [0.25, 0.3) is 0 Å². The molecule has 0 radical (unpaired) electrons. The van der Waals surface area contributed by atoms with E-state index in [9.17, 15) is 9.90 Å². The Kier molecular flexibility index (Phi) is 31.4. The Morgan fingerprint density at radius 2 is 0.829 bits per heavy atom. The van der Waals surface area contributed by atoms with E-state index in [0.29, 0.717) is 19.4 Å². The Bertz CT molecular complexity index is 547. The van der Waals surface area contributed by atoms with E-state index in [0.717, 1.165) is 43.3 Å². The second kappa shape index (κ2) is 29.9. The number of halogens is 1. The number of ketones is 1. The quantitative estimate of drug-likeness (QED) is 0.0621. The molecule has 0 fully saturated rings. The number of nitrogens with zero attached hydrogens (tertiary/aromatic N) is 1. The monoisotopic (exact) mass is 602 g/mol. The van der Waals surface area contributed by atoms with Crippen LogP contribution in [0.2, 0.25) is 0 Å². The topological polar surface area (TPSA) is 37.3 Å². The molecule has 4 heteroatoms. The van der Waals surface area contributed by atoms with Crippen LogP contribution in [0.3, 0.4) is 0 Å². The van der Waals surface area contributed by atoms with Gasteiger partial charge in [-0.25, -0.2) is 0 Å². The maximum atomic E-state index is 13.6. The summed E-state index contributed by atoms with van der Waals surface area (Å²) in [6, 6.07) is 0. The van der Waals surface area contributed by atoms with Crippen LogP contribution in [-0.2, 0) is 4.79 Å². The van der Waals surface area contributed by atoms with Gasteiger partial charge in [-0.3, -0.25) is 4.79 Å². The van der Waals surface area contributed by atoms with E-state index in [2.05, 4.69) is 34.7 Å². The highest BCUT2D eigenvalue weighted by molar-refractivity contribution is 5.87. The maximum Gasteiger partial charge on any atom is 0.171 e. The first-order valence-electron chi connectivity index (χ1n) is 18.5. The van der Waals surface area contributed by atoms with Crippen molar-refractivity contribution < 1.29 is 26.8 Å². The fourth-order valence-electron chi connectivity index (χ4n) is 6.38. The third-order valence-electron chi connectivity index (χ3n) is 9.22. The molecule has 1 atom stereocenters. The number of likely N-dealkylation sites (N-methyl/N-ethyl adjacent to an activating group) is 1. The van der Waals surface area contributed by atoms with Crippen LogP contribution in [0.1, 0.15) is 201 Å². The normalized spacial score (nSPS) is 13.2. The molecular weight excluding hydrogens is 526 g/mol. The number of quaternary nitrogens is 1. The number of hydrogen-bond donors (Lipinski definition) is 1. The van der Waals surface area contributed by atoms with Crippen LogP contribution in [-0.4, -0.2) is 47.7 Å². The molecule has 0 aromatic heterocycles. The van der Waals surface area contributed by atoms with Crippen molar-refractivity contribution in [2.75, 3.05) is 26.7 Å². The van der Waals surface area contributed by atoms with Gasteiger partial charge in [0.15, 0.2) is 11.4 Å². The third kappa shape index (κ3) is 25.0. The van der Waals surface area contributed by atoms with Crippen molar-refractivity contribution in [3.05, 3.63) is 0 Å². The van der Waals surface area contributed by atoms with Crippen molar-refractivity contribution in [1.29, 1.82) is 0 Å². The lowest BCUT2D eigenvalue weighted by atomic mass is 9.86. The van der Waals surface area contributed by atoms with Crippen LogP contribution >= 0.6 is 0 Å². The average molecular weight is 602 g/mol. The van der Waals surface area contributed by atoms with Crippen LogP contribution in [0.15, 0.2) is 0 Å². The van der Waals surface area contributed by atoms with Crippen molar-refractivity contribution in [2.24, 2.45) is 0 Å². The Morgan fingerprint density at radius 1 is 0.512 bits per heavy atom. The molecule has 0 spiro atoms. The van der Waals surface area contributed by atoms with Gasteiger partial charge < -0.3 is 22.0 Å². The number of unbranched alkanes of at least 4 members (excludes halogenated alkanes) is 21. The van der Waals surface area contributed by atoms with E-state index < -0.39 is 5.60 Å². The zero-order valence-corrected chi connectivity index (χ0v) is 29.6. The fraction of sp³-hybridized carbons (Fsp3) is 0.973. The first kappa shape index (κ1) is 43.0. The second-order valence-electron chi connectivity index (χ2n) is 13.6. The molecule has 1 N–H and O–H groups in total. The number of aliphatic hydroxyl groups is 1. The smallest absolute Gasteiger partial charge is 0.171 e. The molecule has 0 saturated carbocycles. The lowest BCUT2D eigenvalue weighted by molar-refractivity contribution is -0.914. The van der Waals surface area contributed by atoms with Gasteiger partial charge >= 0.3 is 0 Å². The van der Waals surface area contributed by atoms with Gasteiger partial charge in [-0.05, 0) is 32.1 Å². The molecule has 0 aliphatic carbocycles. The lowest BCUT2D eigenvalue weighted by Crippen LogP contribution is -3.00. The van der Waals surface area contributed by atoms with Gasteiger partial charge in [-0.15, -0.1) is 0 Å². The summed E-state index contributed by atoms with van der Waals surface area (Å²) in [4.78, 5) is 13.6. The summed E-state index contributed by atoms with van der Waals surface area (Å²) in [5.74, 6) is 0.135. The van der Waals surface area contributed by atoms with E-state index in [1.54, 1.807) is 0 Å². The standard InChI is InChI=1S/C37H76NO2.ClH/c1-6-10-14-16-18-20-21-22-24-26-28-30-32-37(40,35-38(5,33-12-8-3)34-13-9-4)36(39)31-29-27-25-23-19-17-15-11-7-2;/h40H,6-35H2,1-5H3;1H/q+1;/p-1. The van der Waals surface area contributed by atoms with Gasteiger partial charge in [-0.2, -0.15) is 0 Å². The zero-order valence-electron chi connectivity index (χ0n) is 28.9. The molecule has 0 bridgehead atoms. The predicted octanol–water partition coefficient (Wildman–Crippen LogP) is 8.35. The van der Waals surface area contributed by atoms with E-state index in [4.69, 9.17) is 0 Å². The van der Waals surface area contributed by atoms with Crippen molar-refractivity contribution in [2.45, 2.75) is 207 Å². The highest BCUT2D eigenvalue weighted by Gasteiger charge is 2.42. The summed E-state index contributed by atoms with van der Waals surface area (Å²) in [6.07, 6.45) is 33.0. The Balaban J connectivity index is 0. The molecule has 248 valence electrons. The molecule has 0 rings (SSSR count). The number of carbonyl (C=O) groups excluding carboxylic acids is 1. The van der Waals surface area contributed by atoms with Gasteiger partial charge in [0.05, 0.1) is 20.1 Å². The van der Waals surface area contributed by atoms with Gasteiger partial charge in [0, 0.05) is 6.42 Å². The van der Waals surface area contributed by atoms with Crippen molar-refractivity contribution in [3.63, 3.8) is 0 Å². The Hall–Kier alpha value is -0.120. The van der Waals surface area contributed by atoms with Crippen LogP contribution in [0.25, 0.3) is 0 Å². The molecule has 3 nitrogen and oxygen atoms in total. The van der Waals surface area contributed by atoms with E-state index >= 15 is 0 Å². The number of rotatable bonds is 32. The van der Waals surface area contributed by atoms with Gasteiger partial charge in [0.2, 0.25) is 0 Å². The van der Waals surface area contributed by atoms with Gasteiger partial charge in [0.1, 0.15) is 6.54 Å². The minimum absolute atomic E-state index is 0. The summed E-state index contributed by atoms with van der Waals surface area (Å²) >= 11 is 0. The molecule has 0 saturated heterocycles. The summed E-state index contributed by atoms with van der Waals surface area (Å²) in [5, 5.41) is 11.9. The summed E-state index contributed by atoms with van der Waals surface area (Å²) in [5.41, 5.74) is -1.14. The van der Waals surface area contributed by atoms with Crippen LogP contribution in [0.5, 0.6) is 0 Å². The fourth-order valence-corrected chi connectivity index (χ4v) is 6.38. The van der Waals surface area contributed by atoms with E-state index in [-0.39, 0.29) is 18.2 Å². The molecule has 1 unspecified atom stereocenters. The largest absolute Gasteiger partial charge is 1.00 e. The SMILES string of the molecule is CCCCCCCCCCCCCCC(O)(C[N+](C)(CCCC)CCCC)C(=O)CCCCCCCCCCC.[Cl-]. The minimum atomic E-state index is -1.14. The van der Waals surface area contributed by atoms with E-state index in [1.807, 2.05) is 0 Å². The number of hydrogen-bond acceptors (Lipinski definition) is 2. The highest BCUT2D eigenvalue weighted by atomic mass is 35.5. The third-order valence-corrected chi connectivity index (χ3v) is 9.22. The molecule has 0 heterocycles. The molecule has 0 aromatic carbocycles. The van der Waals surface area contributed by atoms with Crippen LogP contribution in [0.4, 0.5) is 0 Å². The molecular formula is C37H76ClNO2.